The number of anilines is 1. The molecule has 0 saturated carbocycles. The number of nitrogens with one attached hydrogen (secondary N) is 2. The summed E-state index contributed by atoms with van der Waals surface area (Å²) in [6.07, 6.45) is -4.60. The minimum Gasteiger partial charge on any atom is -0.490 e. The van der Waals surface area contributed by atoms with Gasteiger partial charge in [-0.1, -0.05) is 12.1 Å². The van der Waals surface area contributed by atoms with E-state index in [1.807, 2.05) is 0 Å². The average Bonchev–Trinajstić information content (AvgIpc) is 2.58. The summed E-state index contributed by atoms with van der Waals surface area (Å²) in [7, 11) is 1.23. The number of benzene rings is 2. The fraction of sp³-hybridized carbons (Fsp3) is 0.133. The Morgan fingerprint density at radius 2 is 1.88 bits per heavy atom. The molecular formula is C15H12F3N3O4. The van der Waals surface area contributed by atoms with E-state index < -0.39 is 28.3 Å². The normalized spacial score (nSPS) is 10.9. The van der Waals surface area contributed by atoms with Gasteiger partial charge in [0.05, 0.1) is 23.3 Å². The van der Waals surface area contributed by atoms with Gasteiger partial charge in [0.1, 0.15) is 0 Å². The molecular weight excluding hydrogens is 343 g/mol. The van der Waals surface area contributed by atoms with E-state index in [-0.39, 0.29) is 17.0 Å². The first-order valence-corrected chi connectivity index (χ1v) is 6.79. The first-order chi connectivity index (χ1) is 11.7. The second-order valence-electron chi connectivity index (χ2n) is 4.77. The molecule has 0 spiro atoms. The Morgan fingerprint density at radius 1 is 1.20 bits per heavy atom. The summed E-state index contributed by atoms with van der Waals surface area (Å²) < 4.78 is 43.4. The van der Waals surface area contributed by atoms with Crippen LogP contribution in [-0.2, 0) is 6.18 Å². The Kier molecular flexibility index (Phi) is 5.11. The van der Waals surface area contributed by atoms with Crippen molar-refractivity contribution in [2.75, 3.05) is 12.5 Å². The highest BCUT2D eigenvalue weighted by atomic mass is 19.4. The topological polar surface area (TPSA) is 93.5 Å². The Morgan fingerprint density at radius 3 is 2.48 bits per heavy atom. The van der Waals surface area contributed by atoms with Crippen LogP contribution in [0.15, 0.2) is 42.5 Å². The number of alkyl halides is 3. The van der Waals surface area contributed by atoms with Crippen LogP contribution in [0, 0.1) is 10.1 Å². The lowest BCUT2D eigenvalue weighted by molar-refractivity contribution is -0.385. The smallest absolute Gasteiger partial charge is 0.418 e. The van der Waals surface area contributed by atoms with Crippen LogP contribution in [0.4, 0.5) is 24.5 Å². The van der Waals surface area contributed by atoms with E-state index in [1.165, 1.54) is 31.4 Å². The summed E-state index contributed by atoms with van der Waals surface area (Å²) in [5.74, 6) is -0.889. The number of para-hydroxylation sites is 1. The third-order valence-corrected chi connectivity index (χ3v) is 3.18. The van der Waals surface area contributed by atoms with Crippen molar-refractivity contribution in [3.8, 4) is 5.75 Å². The predicted octanol–water partition coefficient (Wildman–Crippen LogP) is 3.38. The second-order valence-corrected chi connectivity index (χ2v) is 4.77. The molecule has 0 aromatic heterocycles. The van der Waals surface area contributed by atoms with Crippen molar-refractivity contribution in [1.82, 2.24) is 5.43 Å². The molecule has 0 bridgehead atoms. The van der Waals surface area contributed by atoms with Crippen LogP contribution in [0.3, 0.4) is 0 Å². The number of ether oxygens (including phenoxy) is 1. The summed E-state index contributed by atoms with van der Waals surface area (Å²) in [6.45, 7) is 0. The standard InChI is InChI=1S/C15H12F3N3O4/c1-25-13-7-6-9(8-12(13)21(23)24)14(22)20-19-11-5-3-2-4-10(11)15(16,17)18/h2-8,19H,1H3,(H,20,22). The number of halogens is 3. The zero-order chi connectivity index (χ0) is 18.6. The number of nitro groups is 1. The molecule has 0 saturated heterocycles. The van der Waals surface area contributed by atoms with Gasteiger partial charge in [0.15, 0.2) is 5.75 Å². The van der Waals surface area contributed by atoms with Crippen molar-refractivity contribution in [2.45, 2.75) is 6.18 Å². The van der Waals surface area contributed by atoms with Crippen LogP contribution >= 0.6 is 0 Å². The van der Waals surface area contributed by atoms with Gasteiger partial charge in [-0.15, -0.1) is 0 Å². The summed E-state index contributed by atoms with van der Waals surface area (Å²) in [5, 5.41) is 10.9. The van der Waals surface area contributed by atoms with Crippen molar-refractivity contribution in [2.24, 2.45) is 0 Å². The highest BCUT2D eigenvalue weighted by molar-refractivity contribution is 5.95. The zero-order valence-electron chi connectivity index (χ0n) is 12.8. The van der Waals surface area contributed by atoms with Crippen LogP contribution in [-0.4, -0.2) is 17.9 Å². The van der Waals surface area contributed by atoms with E-state index in [1.54, 1.807) is 0 Å². The van der Waals surface area contributed by atoms with Crippen molar-refractivity contribution in [1.29, 1.82) is 0 Å². The van der Waals surface area contributed by atoms with Crippen LogP contribution < -0.4 is 15.6 Å². The second kappa shape index (κ2) is 7.07. The molecule has 2 aromatic carbocycles. The van der Waals surface area contributed by atoms with Gasteiger partial charge in [0.2, 0.25) is 0 Å². The molecule has 0 heterocycles. The number of hydrazine groups is 1. The van der Waals surface area contributed by atoms with Gasteiger partial charge >= 0.3 is 11.9 Å². The van der Waals surface area contributed by atoms with Gasteiger partial charge in [-0.2, -0.15) is 13.2 Å². The maximum absolute atomic E-state index is 12.9. The summed E-state index contributed by atoms with van der Waals surface area (Å²) in [5.41, 5.74) is 2.38. The minimum atomic E-state index is -4.60. The molecule has 0 unspecified atom stereocenters. The first-order valence-electron chi connectivity index (χ1n) is 6.79. The van der Waals surface area contributed by atoms with Crippen molar-refractivity contribution in [3.05, 3.63) is 63.7 Å². The molecule has 132 valence electrons. The Bertz CT molecular complexity index is 809. The van der Waals surface area contributed by atoms with E-state index in [2.05, 4.69) is 10.9 Å². The molecule has 2 N–H and O–H groups in total. The number of nitro benzene ring substituents is 1. The van der Waals surface area contributed by atoms with Gasteiger partial charge < -0.3 is 4.74 Å². The van der Waals surface area contributed by atoms with E-state index in [0.29, 0.717) is 0 Å². The molecule has 7 nitrogen and oxygen atoms in total. The molecule has 0 radical (unpaired) electrons. The summed E-state index contributed by atoms with van der Waals surface area (Å²) in [6, 6.07) is 8.00. The fourth-order valence-corrected chi connectivity index (χ4v) is 2.01. The first kappa shape index (κ1) is 18.0. The molecule has 0 atom stereocenters. The number of carbonyl (C=O) groups is 1. The number of rotatable bonds is 5. The van der Waals surface area contributed by atoms with Crippen LogP contribution in [0.1, 0.15) is 15.9 Å². The predicted molar refractivity (Wildman–Crippen MR) is 82.2 cm³/mol. The van der Waals surface area contributed by atoms with Crippen molar-refractivity contribution in [3.63, 3.8) is 0 Å². The molecule has 25 heavy (non-hydrogen) atoms. The monoisotopic (exact) mass is 355 g/mol. The maximum Gasteiger partial charge on any atom is 0.418 e. The third kappa shape index (κ3) is 4.16. The fourth-order valence-electron chi connectivity index (χ4n) is 2.01. The Balaban J connectivity index is 2.19. The van der Waals surface area contributed by atoms with E-state index in [9.17, 15) is 28.1 Å². The van der Waals surface area contributed by atoms with E-state index in [4.69, 9.17) is 4.74 Å². The average molecular weight is 355 g/mol. The van der Waals surface area contributed by atoms with Crippen molar-refractivity contribution < 1.29 is 27.6 Å². The van der Waals surface area contributed by atoms with Gasteiger partial charge in [-0.3, -0.25) is 25.8 Å². The molecule has 10 heteroatoms. The third-order valence-electron chi connectivity index (χ3n) is 3.18. The molecule has 0 aliphatic rings. The molecule has 0 aliphatic heterocycles. The van der Waals surface area contributed by atoms with Gasteiger partial charge in [-0.05, 0) is 24.3 Å². The lowest BCUT2D eigenvalue weighted by Crippen LogP contribution is -2.30. The maximum atomic E-state index is 12.9. The van der Waals surface area contributed by atoms with Crippen LogP contribution in [0.2, 0.25) is 0 Å². The molecule has 0 fully saturated rings. The Labute approximate surface area is 139 Å². The van der Waals surface area contributed by atoms with Gasteiger partial charge in [0.25, 0.3) is 5.91 Å². The largest absolute Gasteiger partial charge is 0.490 e. The SMILES string of the molecule is COc1ccc(C(=O)NNc2ccccc2C(F)(F)F)cc1[N+](=O)[O-]. The van der Waals surface area contributed by atoms with Gasteiger partial charge in [-0.25, -0.2) is 0 Å². The van der Waals surface area contributed by atoms with Crippen molar-refractivity contribution >= 4 is 17.3 Å². The number of methoxy groups -OCH3 is 1. The number of nitrogens with zero attached hydrogens (tertiary/aromatic N) is 1. The number of amides is 1. The molecule has 1 amide bonds. The number of hydrogen-bond donors (Lipinski definition) is 2. The molecule has 0 aliphatic carbocycles. The highest BCUT2D eigenvalue weighted by Gasteiger charge is 2.33. The van der Waals surface area contributed by atoms with E-state index >= 15 is 0 Å². The Hall–Kier alpha value is -3.30. The summed E-state index contributed by atoms with van der Waals surface area (Å²) in [4.78, 5) is 22.2. The molecule has 2 rings (SSSR count). The number of carbonyl (C=O) groups excluding carboxylic acids is 1. The highest BCUT2D eigenvalue weighted by Crippen LogP contribution is 2.34. The van der Waals surface area contributed by atoms with Gasteiger partial charge in [0, 0.05) is 11.6 Å². The van der Waals surface area contributed by atoms with E-state index in [0.717, 1.165) is 18.2 Å². The quantitative estimate of drug-likeness (QED) is 0.633. The lowest BCUT2D eigenvalue weighted by Gasteiger charge is -2.15. The zero-order valence-corrected chi connectivity index (χ0v) is 12.8. The van der Waals surface area contributed by atoms with Crippen LogP contribution in [0.5, 0.6) is 5.75 Å². The molecule has 2 aromatic rings. The lowest BCUT2D eigenvalue weighted by atomic mass is 10.1. The number of hydrogen-bond acceptors (Lipinski definition) is 5. The van der Waals surface area contributed by atoms with Crippen LogP contribution in [0.25, 0.3) is 0 Å². The minimum absolute atomic E-state index is 0.0445. The summed E-state index contributed by atoms with van der Waals surface area (Å²) >= 11 is 0.